The number of sulfonamides is 1. The Morgan fingerprint density at radius 2 is 2.08 bits per heavy atom. The van der Waals surface area contributed by atoms with E-state index >= 15 is 0 Å². The summed E-state index contributed by atoms with van der Waals surface area (Å²) in [6, 6.07) is 0. The maximum atomic E-state index is 12.7. The topological polar surface area (TPSA) is 104 Å². The highest BCUT2D eigenvalue weighted by atomic mass is 35.5. The molecule has 0 aromatic carbocycles. The Morgan fingerprint density at radius 3 is 2.67 bits per heavy atom. The second kappa shape index (κ2) is 9.36. The molecular weight excluding hydrogens is 356 g/mol. The Bertz CT molecular complexity index is 626. The van der Waals surface area contributed by atoms with Gasteiger partial charge < -0.3 is 10.1 Å². The van der Waals surface area contributed by atoms with E-state index in [0.717, 1.165) is 25.9 Å². The monoisotopic (exact) mass is 380 g/mol. The summed E-state index contributed by atoms with van der Waals surface area (Å²) < 4.78 is 31.7. The first-order chi connectivity index (χ1) is 11.0. The average Bonchev–Trinajstić information content (AvgIpc) is 3.04. The van der Waals surface area contributed by atoms with Gasteiger partial charge in [0.2, 0.25) is 0 Å². The molecule has 1 aromatic heterocycles. The van der Waals surface area contributed by atoms with Gasteiger partial charge in [0.1, 0.15) is 5.56 Å². The van der Waals surface area contributed by atoms with Gasteiger partial charge in [-0.3, -0.25) is 5.10 Å². The second-order valence-electron chi connectivity index (χ2n) is 5.49. The standard InChI is InChI=1S/C14H24N4O4S.ClH/c1-3-15-9-11-5-7-18(8-6-11)23(20,21)13-12(10-16-17-13)14(19)22-4-2;/h10-11,15H,3-9H2,1-2H3,(H,16,17);1H. The van der Waals surface area contributed by atoms with E-state index in [9.17, 15) is 13.2 Å². The number of hydrogen-bond acceptors (Lipinski definition) is 6. The lowest BCUT2D eigenvalue weighted by atomic mass is 9.98. The van der Waals surface area contributed by atoms with Gasteiger partial charge in [-0.15, -0.1) is 12.4 Å². The van der Waals surface area contributed by atoms with Crippen molar-refractivity contribution < 1.29 is 17.9 Å². The predicted molar refractivity (Wildman–Crippen MR) is 91.8 cm³/mol. The summed E-state index contributed by atoms with van der Waals surface area (Å²) in [4.78, 5) is 11.9. The molecule has 1 fully saturated rings. The Kier molecular flexibility index (Phi) is 8.14. The van der Waals surface area contributed by atoms with Gasteiger partial charge in [0.05, 0.1) is 12.8 Å². The molecule has 2 rings (SSSR count). The number of aromatic amines is 1. The SMILES string of the molecule is CCNCC1CCN(S(=O)(=O)c2[nH]ncc2C(=O)OCC)CC1.Cl. The number of ether oxygens (including phenoxy) is 1. The molecule has 0 bridgehead atoms. The Balaban J connectivity index is 0.00000288. The number of rotatable bonds is 7. The van der Waals surface area contributed by atoms with Crippen molar-refractivity contribution in [2.24, 2.45) is 5.92 Å². The fraction of sp³-hybridized carbons (Fsp3) is 0.714. The van der Waals surface area contributed by atoms with Crippen molar-refractivity contribution in [1.29, 1.82) is 0 Å². The molecule has 0 radical (unpaired) electrons. The third kappa shape index (κ3) is 4.69. The van der Waals surface area contributed by atoms with Crippen LogP contribution in [0.15, 0.2) is 11.2 Å². The summed E-state index contributed by atoms with van der Waals surface area (Å²) in [6.45, 7) is 6.60. The largest absolute Gasteiger partial charge is 0.462 e. The number of hydrogen-bond donors (Lipinski definition) is 2. The average molecular weight is 381 g/mol. The van der Waals surface area contributed by atoms with Crippen molar-refractivity contribution in [2.75, 3.05) is 32.8 Å². The van der Waals surface area contributed by atoms with Crippen LogP contribution >= 0.6 is 12.4 Å². The molecule has 0 aliphatic carbocycles. The number of aromatic nitrogens is 2. The van der Waals surface area contributed by atoms with Crippen LogP contribution in [0.5, 0.6) is 0 Å². The molecule has 138 valence electrons. The van der Waals surface area contributed by atoms with E-state index in [2.05, 4.69) is 22.4 Å². The highest BCUT2D eigenvalue weighted by Crippen LogP contribution is 2.24. The van der Waals surface area contributed by atoms with Crippen molar-refractivity contribution in [3.8, 4) is 0 Å². The Labute approximate surface area is 148 Å². The lowest BCUT2D eigenvalue weighted by molar-refractivity contribution is 0.0521. The van der Waals surface area contributed by atoms with E-state index in [1.54, 1.807) is 6.92 Å². The van der Waals surface area contributed by atoms with Gasteiger partial charge in [-0.25, -0.2) is 13.2 Å². The second-order valence-corrected chi connectivity index (χ2v) is 7.36. The minimum absolute atomic E-state index is 0. The van der Waals surface area contributed by atoms with Gasteiger partial charge in [-0.1, -0.05) is 6.92 Å². The van der Waals surface area contributed by atoms with Crippen LogP contribution in [0.4, 0.5) is 0 Å². The van der Waals surface area contributed by atoms with E-state index in [4.69, 9.17) is 4.74 Å². The minimum atomic E-state index is -3.76. The summed E-state index contributed by atoms with van der Waals surface area (Å²) in [5.74, 6) is -0.199. The molecule has 1 aliphatic heterocycles. The molecule has 2 N–H and O–H groups in total. The molecule has 8 nitrogen and oxygen atoms in total. The highest BCUT2D eigenvalue weighted by molar-refractivity contribution is 7.89. The molecular formula is C14H25ClN4O4S. The molecule has 10 heteroatoms. The molecule has 0 spiro atoms. The number of halogens is 1. The van der Waals surface area contributed by atoms with Gasteiger partial charge in [-0.2, -0.15) is 9.40 Å². The van der Waals surface area contributed by atoms with E-state index < -0.39 is 16.0 Å². The molecule has 2 heterocycles. The normalized spacial score (nSPS) is 16.6. The van der Waals surface area contributed by atoms with Crippen LogP contribution in [0.25, 0.3) is 0 Å². The lowest BCUT2D eigenvalue weighted by Gasteiger charge is -2.31. The summed E-state index contributed by atoms with van der Waals surface area (Å²) in [5.41, 5.74) is -0.0402. The van der Waals surface area contributed by atoms with Crippen LogP contribution in [-0.2, 0) is 14.8 Å². The number of esters is 1. The molecule has 0 amide bonds. The first-order valence-electron chi connectivity index (χ1n) is 7.92. The van der Waals surface area contributed by atoms with Crippen molar-refractivity contribution in [3.05, 3.63) is 11.8 Å². The van der Waals surface area contributed by atoms with E-state index in [-0.39, 0.29) is 29.6 Å². The number of piperidine rings is 1. The molecule has 1 saturated heterocycles. The fourth-order valence-corrected chi connectivity index (χ4v) is 4.19. The van der Waals surface area contributed by atoms with Crippen LogP contribution in [0.1, 0.15) is 37.0 Å². The Hall–Kier alpha value is -1.16. The number of nitrogens with zero attached hydrogens (tertiary/aromatic N) is 2. The molecule has 1 aromatic rings. The minimum Gasteiger partial charge on any atom is -0.462 e. The van der Waals surface area contributed by atoms with E-state index in [1.165, 1.54) is 10.5 Å². The smallest absolute Gasteiger partial charge is 0.342 e. The fourth-order valence-electron chi connectivity index (χ4n) is 2.66. The zero-order valence-corrected chi connectivity index (χ0v) is 15.6. The molecule has 0 saturated carbocycles. The van der Waals surface area contributed by atoms with Crippen LogP contribution in [0, 0.1) is 5.92 Å². The van der Waals surface area contributed by atoms with Crippen LogP contribution < -0.4 is 5.32 Å². The summed E-state index contributed by atoms with van der Waals surface area (Å²) in [6.07, 6.45) is 2.80. The molecule has 0 atom stereocenters. The van der Waals surface area contributed by atoms with E-state index in [1.807, 2.05) is 0 Å². The van der Waals surface area contributed by atoms with Gasteiger partial charge >= 0.3 is 5.97 Å². The molecule has 24 heavy (non-hydrogen) atoms. The zero-order chi connectivity index (χ0) is 16.9. The van der Waals surface area contributed by atoms with Crippen LogP contribution in [0.2, 0.25) is 0 Å². The third-order valence-electron chi connectivity index (χ3n) is 3.95. The number of carbonyl (C=O) groups is 1. The maximum absolute atomic E-state index is 12.7. The Morgan fingerprint density at radius 1 is 1.42 bits per heavy atom. The summed E-state index contributed by atoms with van der Waals surface area (Å²) in [5, 5.41) is 9.25. The van der Waals surface area contributed by atoms with Gasteiger partial charge in [0.25, 0.3) is 10.0 Å². The van der Waals surface area contributed by atoms with E-state index in [0.29, 0.717) is 19.0 Å². The number of nitrogens with one attached hydrogen (secondary N) is 2. The van der Waals surface area contributed by atoms with Crippen molar-refractivity contribution in [3.63, 3.8) is 0 Å². The first-order valence-corrected chi connectivity index (χ1v) is 9.36. The van der Waals surface area contributed by atoms with Crippen molar-refractivity contribution >= 4 is 28.4 Å². The van der Waals surface area contributed by atoms with Gasteiger partial charge in [-0.05, 0) is 38.8 Å². The zero-order valence-electron chi connectivity index (χ0n) is 13.9. The van der Waals surface area contributed by atoms with Gasteiger partial charge in [0, 0.05) is 13.1 Å². The summed E-state index contributed by atoms with van der Waals surface area (Å²) >= 11 is 0. The van der Waals surface area contributed by atoms with Crippen LogP contribution in [0.3, 0.4) is 0 Å². The van der Waals surface area contributed by atoms with Crippen LogP contribution in [-0.4, -0.2) is 61.7 Å². The molecule has 0 unspecified atom stereocenters. The predicted octanol–water partition coefficient (Wildman–Crippen LogP) is 1.02. The maximum Gasteiger partial charge on any atom is 0.342 e. The third-order valence-corrected chi connectivity index (χ3v) is 5.83. The highest BCUT2D eigenvalue weighted by Gasteiger charge is 2.34. The molecule has 1 aliphatic rings. The number of carbonyl (C=O) groups excluding carboxylic acids is 1. The van der Waals surface area contributed by atoms with Crippen molar-refractivity contribution in [1.82, 2.24) is 19.8 Å². The first kappa shape index (κ1) is 20.9. The van der Waals surface area contributed by atoms with Crippen molar-refractivity contribution in [2.45, 2.75) is 31.7 Å². The van der Waals surface area contributed by atoms with Gasteiger partial charge in [0.15, 0.2) is 5.03 Å². The number of H-pyrrole nitrogens is 1. The summed E-state index contributed by atoms with van der Waals surface area (Å²) in [7, 11) is -3.76. The quantitative estimate of drug-likeness (QED) is 0.684. The lowest BCUT2D eigenvalue weighted by Crippen LogP contribution is -2.41.